The van der Waals surface area contributed by atoms with Gasteiger partial charge in [0.25, 0.3) is 5.69 Å². The lowest BCUT2D eigenvalue weighted by atomic mass is 10.2. The summed E-state index contributed by atoms with van der Waals surface area (Å²) in [5, 5.41) is 20.0. The molecule has 0 aliphatic carbocycles. The number of nitro benzene ring substituents is 1. The van der Waals surface area contributed by atoms with E-state index in [9.17, 15) is 20.0 Å². The molecule has 0 aliphatic rings. The number of aryl methyl sites for hydroxylation is 1. The predicted molar refractivity (Wildman–Crippen MR) is 78.5 cm³/mol. The van der Waals surface area contributed by atoms with Crippen molar-refractivity contribution >= 4 is 46.6 Å². The maximum atomic E-state index is 11.3. The van der Waals surface area contributed by atoms with Crippen LogP contribution in [-0.4, -0.2) is 25.4 Å². The summed E-state index contributed by atoms with van der Waals surface area (Å²) in [4.78, 5) is 25.8. The molecule has 0 aliphatic heterocycles. The Bertz CT molecular complexity index is 719. The van der Waals surface area contributed by atoms with Crippen molar-refractivity contribution in [1.82, 2.24) is 9.36 Å². The number of halogens is 1. The van der Waals surface area contributed by atoms with Gasteiger partial charge in [-0.1, -0.05) is 30.3 Å². The molecule has 0 spiro atoms. The number of non-ortho nitro benzene ring substituents is 1. The average Bonchev–Trinajstić information content (AvgIpc) is 2.88. The fourth-order valence-electron chi connectivity index (χ4n) is 1.46. The number of rotatable bonds is 5. The van der Waals surface area contributed by atoms with Crippen LogP contribution in [0.15, 0.2) is 21.4 Å². The molecule has 7 nitrogen and oxygen atoms in total. The smallest absolute Gasteiger partial charge is 0.337 e. The summed E-state index contributed by atoms with van der Waals surface area (Å²) in [6, 6.07) is 2.11. The van der Waals surface area contributed by atoms with Gasteiger partial charge in [0.1, 0.15) is 5.82 Å². The summed E-state index contributed by atoms with van der Waals surface area (Å²) >= 11 is 8.14. The largest absolute Gasteiger partial charge is 0.478 e. The summed E-state index contributed by atoms with van der Waals surface area (Å²) in [5.41, 5.74) is -0.597. The molecule has 2 rings (SSSR count). The number of hydrogen-bond acceptors (Lipinski definition) is 7. The predicted octanol–water partition coefficient (Wildman–Crippen LogP) is 3.51. The monoisotopic (exact) mass is 345 g/mol. The summed E-state index contributed by atoms with van der Waals surface area (Å²) in [6.07, 6.45) is 0.664. The Morgan fingerprint density at radius 3 is 2.81 bits per heavy atom. The molecule has 1 aromatic heterocycles. The van der Waals surface area contributed by atoms with E-state index in [1.54, 1.807) is 0 Å². The highest BCUT2D eigenvalue weighted by Crippen LogP contribution is 2.39. The Hall–Kier alpha value is -1.71. The molecule has 2 aromatic rings. The zero-order chi connectivity index (χ0) is 15.6. The number of hydrogen-bond donors (Lipinski definition) is 1. The van der Waals surface area contributed by atoms with Gasteiger partial charge in [-0.05, 0) is 11.5 Å². The molecule has 0 amide bonds. The van der Waals surface area contributed by atoms with E-state index in [0.717, 1.165) is 35.4 Å². The molecule has 0 fully saturated rings. The third kappa shape index (κ3) is 3.49. The van der Waals surface area contributed by atoms with Crippen molar-refractivity contribution < 1.29 is 14.8 Å². The van der Waals surface area contributed by atoms with Gasteiger partial charge in [-0.25, -0.2) is 9.78 Å². The second kappa shape index (κ2) is 6.37. The van der Waals surface area contributed by atoms with Crippen LogP contribution >= 0.6 is 34.9 Å². The van der Waals surface area contributed by atoms with Gasteiger partial charge in [0.05, 0.1) is 15.5 Å². The third-order valence-corrected chi connectivity index (χ3v) is 4.77. The van der Waals surface area contributed by atoms with Crippen LogP contribution < -0.4 is 0 Å². The zero-order valence-corrected chi connectivity index (χ0v) is 13.0. The summed E-state index contributed by atoms with van der Waals surface area (Å²) in [6.45, 7) is 1.90. The summed E-state index contributed by atoms with van der Waals surface area (Å²) in [7, 11) is 0. The number of carboxylic acids is 1. The normalized spacial score (nSPS) is 10.6. The number of nitrogens with zero attached hydrogens (tertiary/aromatic N) is 3. The van der Waals surface area contributed by atoms with Crippen molar-refractivity contribution in [3.05, 3.63) is 38.7 Å². The Morgan fingerprint density at radius 2 is 2.29 bits per heavy atom. The van der Waals surface area contributed by atoms with Gasteiger partial charge in [0.2, 0.25) is 0 Å². The van der Waals surface area contributed by atoms with Crippen LogP contribution in [0.2, 0.25) is 5.02 Å². The molecule has 0 atom stereocenters. The van der Waals surface area contributed by atoms with Crippen molar-refractivity contribution in [2.24, 2.45) is 0 Å². The Balaban J connectivity index is 2.46. The second-order valence-electron chi connectivity index (χ2n) is 3.80. The molecule has 0 bridgehead atoms. The van der Waals surface area contributed by atoms with E-state index >= 15 is 0 Å². The number of benzene rings is 1. The quantitative estimate of drug-likeness (QED) is 0.652. The van der Waals surface area contributed by atoms with Gasteiger partial charge in [0.15, 0.2) is 4.34 Å². The number of aromatic carboxylic acids is 1. The molecule has 10 heteroatoms. The number of nitro groups is 1. The van der Waals surface area contributed by atoms with Crippen molar-refractivity contribution in [3.63, 3.8) is 0 Å². The molecular formula is C11H8ClN3O4S2. The van der Waals surface area contributed by atoms with E-state index in [1.807, 2.05) is 6.92 Å². The van der Waals surface area contributed by atoms with E-state index in [4.69, 9.17) is 11.6 Å². The molecule has 1 heterocycles. The average molecular weight is 346 g/mol. The van der Waals surface area contributed by atoms with Crippen molar-refractivity contribution in [2.45, 2.75) is 22.6 Å². The molecule has 110 valence electrons. The SMILES string of the molecule is CCc1nsc(Sc2c(Cl)cc([N+](=O)[O-])cc2C(=O)O)n1. The van der Waals surface area contributed by atoms with Crippen LogP contribution in [0.5, 0.6) is 0 Å². The van der Waals surface area contributed by atoms with Gasteiger partial charge < -0.3 is 5.11 Å². The van der Waals surface area contributed by atoms with Crippen LogP contribution in [0.1, 0.15) is 23.1 Å². The van der Waals surface area contributed by atoms with Crippen molar-refractivity contribution in [1.29, 1.82) is 0 Å². The van der Waals surface area contributed by atoms with E-state index in [0.29, 0.717) is 16.6 Å². The maximum Gasteiger partial charge on any atom is 0.337 e. The second-order valence-corrected chi connectivity index (χ2v) is 6.22. The van der Waals surface area contributed by atoms with Crippen LogP contribution in [0.4, 0.5) is 5.69 Å². The van der Waals surface area contributed by atoms with Gasteiger partial charge >= 0.3 is 5.97 Å². The molecule has 0 unspecified atom stereocenters. The van der Waals surface area contributed by atoms with Crippen molar-refractivity contribution in [3.8, 4) is 0 Å². The van der Waals surface area contributed by atoms with Gasteiger partial charge in [-0.15, -0.1) is 0 Å². The molecule has 1 aromatic carbocycles. The lowest BCUT2D eigenvalue weighted by Gasteiger charge is -2.06. The highest BCUT2D eigenvalue weighted by molar-refractivity contribution is 8.01. The lowest BCUT2D eigenvalue weighted by Crippen LogP contribution is -2.01. The van der Waals surface area contributed by atoms with Gasteiger partial charge in [-0.3, -0.25) is 10.1 Å². The standard InChI is InChI=1S/C11H8ClN3O4S2/c1-2-8-13-11(21-14-8)20-9-6(10(16)17)3-5(15(18)19)4-7(9)12/h3-4H,2H2,1H3,(H,16,17). The minimum atomic E-state index is -1.29. The van der Waals surface area contributed by atoms with Crippen molar-refractivity contribution in [2.75, 3.05) is 0 Å². The molecular weight excluding hydrogens is 338 g/mol. The highest BCUT2D eigenvalue weighted by Gasteiger charge is 2.22. The summed E-state index contributed by atoms with van der Waals surface area (Å²) < 4.78 is 4.62. The van der Waals surface area contributed by atoms with Crippen LogP contribution in [0.25, 0.3) is 0 Å². The molecule has 0 saturated carbocycles. The topological polar surface area (TPSA) is 106 Å². The molecule has 21 heavy (non-hydrogen) atoms. The van der Waals surface area contributed by atoms with Crippen LogP contribution in [-0.2, 0) is 6.42 Å². The summed E-state index contributed by atoms with van der Waals surface area (Å²) in [5.74, 6) is -0.638. The van der Waals surface area contributed by atoms with Gasteiger partial charge in [-0.2, -0.15) is 4.37 Å². The first-order chi connectivity index (χ1) is 9.92. The number of aromatic nitrogens is 2. The molecule has 0 radical (unpaired) electrons. The first-order valence-electron chi connectivity index (χ1n) is 5.64. The minimum absolute atomic E-state index is 0.000140. The third-order valence-electron chi connectivity index (χ3n) is 2.42. The first kappa shape index (κ1) is 15.7. The minimum Gasteiger partial charge on any atom is -0.478 e. The van der Waals surface area contributed by atoms with Gasteiger partial charge in [0, 0.05) is 23.4 Å². The van der Waals surface area contributed by atoms with E-state index < -0.39 is 10.9 Å². The molecule has 1 N–H and O–H groups in total. The highest BCUT2D eigenvalue weighted by atomic mass is 35.5. The maximum absolute atomic E-state index is 11.3. The lowest BCUT2D eigenvalue weighted by molar-refractivity contribution is -0.384. The number of carboxylic acid groups (broad SMARTS) is 1. The fraction of sp³-hybridized carbons (Fsp3) is 0.182. The fourth-order valence-corrected chi connectivity index (χ4v) is 3.54. The molecule has 0 saturated heterocycles. The first-order valence-corrected chi connectivity index (χ1v) is 7.60. The Labute approximate surface area is 132 Å². The van der Waals surface area contributed by atoms with E-state index in [2.05, 4.69) is 9.36 Å². The zero-order valence-electron chi connectivity index (χ0n) is 10.6. The van der Waals surface area contributed by atoms with E-state index in [-0.39, 0.29) is 21.2 Å². The van der Waals surface area contributed by atoms with E-state index in [1.165, 1.54) is 0 Å². The van der Waals surface area contributed by atoms with Crippen LogP contribution in [0, 0.1) is 10.1 Å². The van der Waals surface area contributed by atoms with Crippen LogP contribution in [0.3, 0.4) is 0 Å². The Kier molecular flexibility index (Phi) is 4.76. The Morgan fingerprint density at radius 1 is 1.57 bits per heavy atom. The number of carbonyl (C=O) groups is 1.